The molecule has 1 aliphatic heterocycles. The van der Waals surface area contributed by atoms with Crippen LogP contribution in [0.5, 0.6) is 0 Å². The van der Waals surface area contributed by atoms with Crippen molar-refractivity contribution in [2.45, 2.75) is 18.8 Å². The highest BCUT2D eigenvalue weighted by molar-refractivity contribution is 5.87. The average molecular weight is 380 g/mol. The zero-order valence-electron chi connectivity index (χ0n) is 14.9. The van der Waals surface area contributed by atoms with Gasteiger partial charge >= 0.3 is 6.01 Å². The lowest BCUT2D eigenvalue weighted by Crippen LogP contribution is -2.35. The summed E-state index contributed by atoms with van der Waals surface area (Å²) in [5.41, 5.74) is 6.46. The van der Waals surface area contributed by atoms with Crippen molar-refractivity contribution < 1.29 is 8.81 Å². The van der Waals surface area contributed by atoms with Gasteiger partial charge in [-0.2, -0.15) is 5.10 Å². The Balaban J connectivity index is 1.52. The molecule has 0 saturated carbocycles. The molecule has 0 spiro atoms. The van der Waals surface area contributed by atoms with Gasteiger partial charge in [0.2, 0.25) is 5.89 Å². The largest absolute Gasteiger partial charge is 0.408 e. The highest BCUT2D eigenvalue weighted by atomic mass is 19.1. The lowest BCUT2D eigenvalue weighted by Gasteiger charge is -2.32. The van der Waals surface area contributed by atoms with Crippen molar-refractivity contribution in [3.05, 3.63) is 48.5 Å². The number of hydrogen-bond donors (Lipinski definition) is 1. The summed E-state index contributed by atoms with van der Waals surface area (Å²) in [6, 6.07) is 6.54. The second-order valence-electron chi connectivity index (χ2n) is 6.71. The Morgan fingerprint density at radius 1 is 1.18 bits per heavy atom. The second-order valence-corrected chi connectivity index (χ2v) is 6.71. The third-order valence-electron chi connectivity index (χ3n) is 4.95. The van der Waals surface area contributed by atoms with E-state index in [9.17, 15) is 4.39 Å². The van der Waals surface area contributed by atoms with Crippen molar-refractivity contribution >= 4 is 22.9 Å². The van der Waals surface area contributed by atoms with Gasteiger partial charge in [-0.3, -0.25) is 0 Å². The molecule has 1 saturated heterocycles. The van der Waals surface area contributed by atoms with Gasteiger partial charge in [0.25, 0.3) is 0 Å². The molecule has 0 amide bonds. The van der Waals surface area contributed by atoms with E-state index in [0.717, 1.165) is 30.6 Å². The molecule has 4 heterocycles. The van der Waals surface area contributed by atoms with Gasteiger partial charge in [0.15, 0.2) is 5.65 Å². The summed E-state index contributed by atoms with van der Waals surface area (Å²) >= 11 is 0. The summed E-state index contributed by atoms with van der Waals surface area (Å²) in [5.74, 6) is 1.00. The van der Waals surface area contributed by atoms with E-state index >= 15 is 0 Å². The van der Waals surface area contributed by atoms with E-state index < -0.39 is 0 Å². The van der Waals surface area contributed by atoms with Crippen molar-refractivity contribution in [2.75, 3.05) is 23.7 Å². The first-order valence-corrected chi connectivity index (χ1v) is 8.98. The van der Waals surface area contributed by atoms with E-state index in [2.05, 4.69) is 30.2 Å². The molecule has 1 aliphatic rings. The Kier molecular flexibility index (Phi) is 3.89. The maximum Gasteiger partial charge on any atom is 0.312 e. The number of halogens is 1. The molecule has 2 N–H and O–H groups in total. The molecular weight excluding hydrogens is 363 g/mol. The van der Waals surface area contributed by atoms with Crippen LogP contribution >= 0.6 is 0 Å². The molecule has 142 valence electrons. The van der Waals surface area contributed by atoms with Crippen LogP contribution in [0.2, 0.25) is 0 Å². The Hall–Kier alpha value is -3.56. The quantitative estimate of drug-likeness (QED) is 0.576. The average Bonchev–Trinajstić information content (AvgIpc) is 3.35. The predicted molar refractivity (Wildman–Crippen MR) is 99.5 cm³/mol. The van der Waals surface area contributed by atoms with Crippen LogP contribution in [-0.4, -0.2) is 43.0 Å². The molecule has 9 nitrogen and oxygen atoms in total. The highest BCUT2D eigenvalue weighted by Crippen LogP contribution is 2.32. The SMILES string of the molecule is Nc1nnc(C2CCCN(c3ncnc4c3cnn4-c3ccccc3F)C2)o1. The second kappa shape index (κ2) is 6.55. The molecular formula is C18H17FN8O. The molecule has 0 aliphatic carbocycles. The topological polar surface area (TPSA) is 112 Å². The van der Waals surface area contributed by atoms with E-state index in [1.165, 1.54) is 17.1 Å². The highest BCUT2D eigenvalue weighted by Gasteiger charge is 2.28. The molecule has 1 aromatic carbocycles. The summed E-state index contributed by atoms with van der Waals surface area (Å²) in [5, 5.41) is 12.9. The molecule has 4 aromatic rings. The number of benzene rings is 1. The summed E-state index contributed by atoms with van der Waals surface area (Å²) < 4.78 is 21.1. The van der Waals surface area contributed by atoms with Gasteiger partial charge < -0.3 is 15.1 Å². The Labute approximate surface area is 159 Å². The Bertz CT molecular complexity index is 1140. The lowest BCUT2D eigenvalue weighted by molar-refractivity contribution is 0.405. The van der Waals surface area contributed by atoms with Gasteiger partial charge in [-0.05, 0) is 25.0 Å². The molecule has 28 heavy (non-hydrogen) atoms. The van der Waals surface area contributed by atoms with Crippen LogP contribution in [0.15, 0.2) is 41.2 Å². The lowest BCUT2D eigenvalue weighted by atomic mass is 9.98. The van der Waals surface area contributed by atoms with Crippen molar-refractivity contribution in [3.8, 4) is 5.69 Å². The van der Waals surface area contributed by atoms with Gasteiger partial charge in [-0.1, -0.05) is 17.2 Å². The third-order valence-corrected chi connectivity index (χ3v) is 4.95. The zero-order valence-corrected chi connectivity index (χ0v) is 14.9. The van der Waals surface area contributed by atoms with Crippen LogP contribution in [0.1, 0.15) is 24.7 Å². The van der Waals surface area contributed by atoms with Gasteiger partial charge in [-0.15, -0.1) is 5.10 Å². The number of para-hydroxylation sites is 1. The number of fused-ring (bicyclic) bond motifs is 1. The molecule has 3 aromatic heterocycles. The molecule has 1 unspecified atom stereocenters. The molecule has 5 rings (SSSR count). The first-order valence-electron chi connectivity index (χ1n) is 8.98. The van der Waals surface area contributed by atoms with Crippen LogP contribution < -0.4 is 10.6 Å². The standard InChI is InChI=1S/C18H17FN8O/c19-13-5-1-2-6-14(13)27-16-12(8-23-27)15(21-10-22-16)26-7-3-4-11(9-26)17-24-25-18(20)28-17/h1-2,5-6,8,10-11H,3-4,7,9H2,(H2,20,25). The number of piperidine rings is 1. The maximum absolute atomic E-state index is 14.2. The van der Waals surface area contributed by atoms with Crippen molar-refractivity contribution in [3.63, 3.8) is 0 Å². The van der Waals surface area contributed by atoms with Crippen LogP contribution in [0, 0.1) is 5.82 Å². The molecule has 10 heteroatoms. The van der Waals surface area contributed by atoms with E-state index in [1.54, 1.807) is 24.4 Å². The number of anilines is 2. The first-order chi connectivity index (χ1) is 13.7. The minimum atomic E-state index is -0.361. The summed E-state index contributed by atoms with van der Waals surface area (Å²) in [6.07, 6.45) is 5.02. The Morgan fingerprint density at radius 3 is 2.89 bits per heavy atom. The normalized spacial score (nSPS) is 17.3. The van der Waals surface area contributed by atoms with Crippen LogP contribution in [0.3, 0.4) is 0 Å². The number of aromatic nitrogens is 6. The minimum absolute atomic E-state index is 0.0720. The van der Waals surface area contributed by atoms with Crippen LogP contribution in [0.25, 0.3) is 16.7 Å². The van der Waals surface area contributed by atoms with Crippen molar-refractivity contribution in [1.29, 1.82) is 0 Å². The summed E-state index contributed by atoms with van der Waals surface area (Å²) in [6.45, 7) is 1.50. The van der Waals surface area contributed by atoms with E-state index in [4.69, 9.17) is 10.2 Å². The molecule has 0 radical (unpaired) electrons. The molecule has 1 atom stereocenters. The van der Waals surface area contributed by atoms with Gasteiger partial charge in [-0.25, -0.2) is 19.0 Å². The minimum Gasteiger partial charge on any atom is -0.408 e. The first kappa shape index (κ1) is 16.6. The molecule has 0 bridgehead atoms. The zero-order chi connectivity index (χ0) is 19.1. The number of nitrogen functional groups attached to an aromatic ring is 1. The summed E-state index contributed by atoms with van der Waals surface area (Å²) in [7, 11) is 0. The van der Waals surface area contributed by atoms with Gasteiger partial charge in [0, 0.05) is 13.1 Å². The fraction of sp³-hybridized carbons (Fsp3) is 0.278. The fourth-order valence-electron chi connectivity index (χ4n) is 3.67. The van der Waals surface area contributed by atoms with Gasteiger partial charge in [0.05, 0.1) is 17.5 Å². The number of rotatable bonds is 3. The van der Waals surface area contributed by atoms with Crippen molar-refractivity contribution in [1.82, 2.24) is 29.9 Å². The predicted octanol–water partition coefficient (Wildman–Crippen LogP) is 2.30. The summed E-state index contributed by atoms with van der Waals surface area (Å²) in [4.78, 5) is 10.9. The van der Waals surface area contributed by atoms with E-state index in [0.29, 0.717) is 23.8 Å². The number of nitrogens with two attached hydrogens (primary N) is 1. The smallest absolute Gasteiger partial charge is 0.312 e. The van der Waals surface area contributed by atoms with E-state index in [1.807, 2.05) is 0 Å². The number of nitrogens with zero attached hydrogens (tertiary/aromatic N) is 7. The number of hydrogen-bond acceptors (Lipinski definition) is 8. The Morgan fingerprint density at radius 2 is 2.07 bits per heavy atom. The third kappa shape index (κ3) is 2.73. The van der Waals surface area contributed by atoms with Gasteiger partial charge in [0.1, 0.15) is 23.6 Å². The van der Waals surface area contributed by atoms with Crippen LogP contribution in [0.4, 0.5) is 16.2 Å². The monoisotopic (exact) mass is 380 g/mol. The maximum atomic E-state index is 14.2. The van der Waals surface area contributed by atoms with Crippen LogP contribution in [-0.2, 0) is 0 Å². The molecule has 1 fully saturated rings. The van der Waals surface area contributed by atoms with Crippen molar-refractivity contribution in [2.24, 2.45) is 0 Å². The van der Waals surface area contributed by atoms with E-state index in [-0.39, 0.29) is 17.7 Å². The fourth-order valence-corrected chi connectivity index (χ4v) is 3.67.